The number of nitrogens with one attached hydrogen (secondary N) is 1. The van der Waals surface area contributed by atoms with E-state index >= 15 is 0 Å². The van der Waals surface area contributed by atoms with Crippen molar-refractivity contribution in [2.75, 3.05) is 20.6 Å². The van der Waals surface area contributed by atoms with Crippen LogP contribution in [0.25, 0.3) is 16.5 Å². The number of amides is 1. The van der Waals surface area contributed by atoms with Gasteiger partial charge in [0.15, 0.2) is 5.69 Å². The molecular formula is C23H22N4O2S. The summed E-state index contributed by atoms with van der Waals surface area (Å²) in [6.07, 6.45) is 0. The van der Waals surface area contributed by atoms with E-state index in [4.69, 9.17) is 0 Å². The molecule has 0 aliphatic rings. The van der Waals surface area contributed by atoms with Gasteiger partial charge in [-0.2, -0.15) is 9.78 Å². The number of thiophene rings is 1. The Kier molecular flexibility index (Phi) is 5.74. The first kappa shape index (κ1) is 20.0. The summed E-state index contributed by atoms with van der Waals surface area (Å²) >= 11 is 1.66. The van der Waals surface area contributed by atoms with Gasteiger partial charge in [-0.3, -0.25) is 9.59 Å². The van der Waals surface area contributed by atoms with Crippen LogP contribution in [0.2, 0.25) is 0 Å². The molecule has 1 atom stereocenters. The molecule has 4 rings (SSSR count). The fraction of sp³-hybridized carbons (Fsp3) is 0.174. The van der Waals surface area contributed by atoms with E-state index < -0.39 is 0 Å². The Morgan fingerprint density at radius 3 is 2.40 bits per heavy atom. The monoisotopic (exact) mass is 418 g/mol. The molecule has 0 spiro atoms. The van der Waals surface area contributed by atoms with Crippen molar-refractivity contribution in [1.29, 1.82) is 0 Å². The Morgan fingerprint density at radius 2 is 1.73 bits per heavy atom. The topological polar surface area (TPSA) is 67.2 Å². The van der Waals surface area contributed by atoms with Crippen molar-refractivity contribution in [1.82, 2.24) is 20.0 Å². The lowest BCUT2D eigenvalue weighted by Crippen LogP contribution is -2.36. The highest BCUT2D eigenvalue weighted by molar-refractivity contribution is 7.10. The molecule has 7 heteroatoms. The minimum Gasteiger partial charge on any atom is -0.349 e. The average molecular weight is 419 g/mol. The first-order chi connectivity index (χ1) is 14.6. The fourth-order valence-electron chi connectivity index (χ4n) is 3.39. The molecule has 0 radical (unpaired) electrons. The molecule has 0 aliphatic heterocycles. The SMILES string of the molecule is CN(C)[C@H](CNC(=O)c1nn(-c2ccccc2)c(=O)c2ccccc12)c1cccs1. The van der Waals surface area contributed by atoms with Crippen molar-refractivity contribution >= 4 is 28.0 Å². The van der Waals surface area contributed by atoms with Gasteiger partial charge >= 0.3 is 0 Å². The van der Waals surface area contributed by atoms with Crippen LogP contribution in [0.1, 0.15) is 21.4 Å². The number of hydrogen-bond donors (Lipinski definition) is 1. The van der Waals surface area contributed by atoms with E-state index in [9.17, 15) is 9.59 Å². The highest BCUT2D eigenvalue weighted by Gasteiger charge is 2.20. The summed E-state index contributed by atoms with van der Waals surface area (Å²) in [6.45, 7) is 0.437. The molecule has 6 nitrogen and oxygen atoms in total. The molecule has 0 saturated heterocycles. The van der Waals surface area contributed by atoms with Crippen LogP contribution in [-0.2, 0) is 0 Å². The summed E-state index contributed by atoms with van der Waals surface area (Å²) in [5.41, 5.74) is 0.600. The molecule has 0 fully saturated rings. The minimum atomic E-state index is -0.306. The van der Waals surface area contributed by atoms with Gasteiger partial charge in [0.2, 0.25) is 0 Å². The Bertz CT molecular complexity index is 1220. The predicted octanol–water partition coefficient (Wildman–Crippen LogP) is 3.48. The highest BCUT2D eigenvalue weighted by Crippen LogP contribution is 2.22. The van der Waals surface area contributed by atoms with Gasteiger partial charge in [-0.1, -0.05) is 42.5 Å². The first-order valence-electron chi connectivity index (χ1n) is 9.62. The van der Waals surface area contributed by atoms with Crippen molar-refractivity contribution in [2.24, 2.45) is 0 Å². The number of rotatable bonds is 6. The molecule has 152 valence electrons. The average Bonchev–Trinajstić information content (AvgIpc) is 3.29. The van der Waals surface area contributed by atoms with Gasteiger partial charge in [0.1, 0.15) is 0 Å². The number of hydrogen-bond acceptors (Lipinski definition) is 5. The maximum absolute atomic E-state index is 13.1. The Labute approximate surface area is 178 Å². The van der Waals surface area contributed by atoms with Crippen LogP contribution in [0, 0.1) is 0 Å². The Balaban J connectivity index is 1.72. The van der Waals surface area contributed by atoms with Gasteiger partial charge in [-0.25, -0.2) is 0 Å². The van der Waals surface area contributed by atoms with Gasteiger partial charge in [0, 0.05) is 16.8 Å². The van der Waals surface area contributed by atoms with Crippen LogP contribution < -0.4 is 10.9 Å². The smallest absolute Gasteiger partial charge is 0.279 e. The lowest BCUT2D eigenvalue weighted by atomic mass is 10.1. The van der Waals surface area contributed by atoms with Crippen LogP contribution in [0.3, 0.4) is 0 Å². The van der Waals surface area contributed by atoms with Gasteiger partial charge < -0.3 is 10.2 Å². The maximum atomic E-state index is 13.1. The van der Waals surface area contributed by atoms with Crippen LogP contribution in [0.4, 0.5) is 0 Å². The molecule has 0 aliphatic carbocycles. The number of likely N-dealkylation sites (N-methyl/N-ethyl adjacent to an activating group) is 1. The van der Waals surface area contributed by atoms with Gasteiger partial charge in [-0.15, -0.1) is 11.3 Å². The maximum Gasteiger partial charge on any atom is 0.279 e. The molecule has 30 heavy (non-hydrogen) atoms. The number of carbonyl (C=O) groups excluding carboxylic acids is 1. The van der Waals surface area contributed by atoms with Crippen molar-refractivity contribution < 1.29 is 4.79 Å². The van der Waals surface area contributed by atoms with Crippen LogP contribution >= 0.6 is 11.3 Å². The van der Waals surface area contributed by atoms with Crippen molar-refractivity contribution in [2.45, 2.75) is 6.04 Å². The zero-order chi connectivity index (χ0) is 21.1. The molecule has 2 aromatic heterocycles. The molecule has 2 heterocycles. The third-order valence-electron chi connectivity index (χ3n) is 4.97. The quantitative estimate of drug-likeness (QED) is 0.521. The third kappa shape index (κ3) is 3.90. The third-order valence-corrected chi connectivity index (χ3v) is 5.95. The van der Waals surface area contributed by atoms with E-state index in [-0.39, 0.29) is 23.2 Å². The largest absolute Gasteiger partial charge is 0.349 e. The lowest BCUT2D eigenvalue weighted by Gasteiger charge is -2.23. The minimum absolute atomic E-state index is 0.0558. The first-order valence-corrected chi connectivity index (χ1v) is 10.5. The zero-order valence-electron chi connectivity index (χ0n) is 16.8. The zero-order valence-corrected chi connectivity index (χ0v) is 17.6. The molecule has 4 aromatic rings. The van der Waals surface area contributed by atoms with Gasteiger partial charge in [0.25, 0.3) is 11.5 Å². The van der Waals surface area contributed by atoms with E-state index in [2.05, 4.69) is 21.4 Å². The molecule has 1 amide bonds. The summed E-state index contributed by atoms with van der Waals surface area (Å²) in [5.74, 6) is -0.306. The van der Waals surface area contributed by atoms with E-state index in [0.717, 1.165) is 0 Å². The van der Waals surface area contributed by atoms with Crippen LogP contribution in [-0.4, -0.2) is 41.2 Å². The summed E-state index contributed by atoms with van der Waals surface area (Å²) in [6, 6.07) is 20.3. The van der Waals surface area contributed by atoms with Crippen molar-refractivity contribution in [3.8, 4) is 5.69 Å². The van der Waals surface area contributed by atoms with Crippen molar-refractivity contribution in [3.63, 3.8) is 0 Å². The van der Waals surface area contributed by atoms with Crippen LogP contribution in [0.5, 0.6) is 0 Å². The predicted molar refractivity (Wildman–Crippen MR) is 120 cm³/mol. The second kappa shape index (κ2) is 8.61. The summed E-state index contributed by atoms with van der Waals surface area (Å²) < 4.78 is 1.29. The molecule has 0 bridgehead atoms. The van der Waals surface area contributed by atoms with Gasteiger partial charge in [-0.05, 0) is 43.7 Å². The lowest BCUT2D eigenvalue weighted by molar-refractivity contribution is 0.0937. The highest BCUT2D eigenvalue weighted by atomic mass is 32.1. The number of benzene rings is 2. The number of carbonyl (C=O) groups is 1. The molecular weight excluding hydrogens is 396 g/mol. The van der Waals surface area contributed by atoms with E-state index in [1.165, 1.54) is 9.56 Å². The van der Waals surface area contributed by atoms with Gasteiger partial charge in [0.05, 0.1) is 17.1 Å². The summed E-state index contributed by atoms with van der Waals surface area (Å²) in [5, 5.41) is 10.5. The number of fused-ring (bicyclic) bond motifs is 1. The van der Waals surface area contributed by atoms with Crippen LogP contribution in [0.15, 0.2) is 76.9 Å². The second-order valence-electron chi connectivity index (χ2n) is 7.15. The Morgan fingerprint density at radius 1 is 1.03 bits per heavy atom. The second-order valence-corrected chi connectivity index (χ2v) is 8.13. The summed E-state index contributed by atoms with van der Waals surface area (Å²) in [7, 11) is 3.97. The molecule has 2 aromatic carbocycles. The van der Waals surface area contributed by atoms with E-state index in [1.807, 2.05) is 43.7 Å². The fourth-order valence-corrected chi connectivity index (χ4v) is 4.32. The van der Waals surface area contributed by atoms with Crippen molar-refractivity contribution in [3.05, 3.63) is 93.0 Å². The molecule has 0 saturated carbocycles. The number of nitrogens with zero attached hydrogens (tertiary/aromatic N) is 3. The normalized spacial score (nSPS) is 12.2. The van der Waals surface area contributed by atoms with E-state index in [0.29, 0.717) is 23.0 Å². The van der Waals surface area contributed by atoms with E-state index in [1.54, 1.807) is 47.7 Å². The number of para-hydroxylation sites is 1. The molecule has 0 unspecified atom stereocenters. The summed E-state index contributed by atoms with van der Waals surface area (Å²) in [4.78, 5) is 29.4. The molecule has 1 N–H and O–H groups in total. The Hall–Kier alpha value is -3.29. The standard InChI is InChI=1S/C23H22N4O2S/c1-26(2)19(20-13-8-14-30-20)15-24-22(28)21-17-11-6-7-12-18(17)23(29)27(25-21)16-9-4-3-5-10-16/h3-14,19H,15H2,1-2H3,(H,24,28)/t19-/m1/s1. The number of aromatic nitrogens is 2.